The van der Waals surface area contributed by atoms with Crippen LogP contribution in [-0.4, -0.2) is 61.6 Å². The molecule has 0 bridgehead atoms. The summed E-state index contributed by atoms with van der Waals surface area (Å²) in [6.07, 6.45) is 9.54. The number of rotatable bonds is 7. The smallest absolute Gasteiger partial charge is 0.222 e. The van der Waals surface area contributed by atoms with Crippen molar-refractivity contribution in [3.05, 3.63) is 0 Å². The highest BCUT2D eigenvalue weighted by Crippen LogP contribution is 2.30. The maximum Gasteiger partial charge on any atom is 0.222 e. The summed E-state index contributed by atoms with van der Waals surface area (Å²) in [6.45, 7) is 5.24. The number of carbonyl (C=O) groups is 1. The van der Waals surface area contributed by atoms with Gasteiger partial charge in [0.25, 0.3) is 0 Å². The summed E-state index contributed by atoms with van der Waals surface area (Å²) in [4.78, 5) is 16.9. The molecular formula is C18H32N2O2. The predicted molar refractivity (Wildman–Crippen MR) is 87.7 cm³/mol. The van der Waals surface area contributed by atoms with E-state index in [1.165, 1.54) is 38.6 Å². The molecule has 1 saturated carbocycles. The molecule has 3 fully saturated rings. The van der Waals surface area contributed by atoms with Gasteiger partial charge in [0.15, 0.2) is 0 Å². The topological polar surface area (TPSA) is 32.8 Å². The molecule has 0 radical (unpaired) electrons. The molecule has 1 aliphatic carbocycles. The Morgan fingerprint density at radius 3 is 2.68 bits per heavy atom. The third-order valence-electron chi connectivity index (χ3n) is 5.43. The first-order valence-corrected chi connectivity index (χ1v) is 9.28. The number of hydrogen-bond donors (Lipinski definition) is 0. The summed E-state index contributed by atoms with van der Waals surface area (Å²) in [6, 6.07) is 0. The fourth-order valence-electron chi connectivity index (χ4n) is 3.94. The molecule has 126 valence electrons. The minimum absolute atomic E-state index is 0.334. The molecule has 0 aromatic heterocycles. The third-order valence-corrected chi connectivity index (χ3v) is 5.43. The number of carbonyl (C=O) groups excluding carboxylic acids is 1. The van der Waals surface area contributed by atoms with E-state index in [0.29, 0.717) is 24.3 Å². The molecule has 0 N–H and O–H groups in total. The molecule has 22 heavy (non-hydrogen) atoms. The standard InChI is InChI=1S/C18H32N2O2/c1-19(12-15-5-6-15)13-16-9-10-20(14-16)18(21)8-7-17-4-2-3-11-22-17/h15-17H,2-14H2,1H3/t16-,17+/m0/s1. The van der Waals surface area contributed by atoms with Gasteiger partial charge in [0.1, 0.15) is 0 Å². The Morgan fingerprint density at radius 2 is 1.95 bits per heavy atom. The van der Waals surface area contributed by atoms with E-state index in [-0.39, 0.29) is 0 Å². The first kappa shape index (κ1) is 16.3. The van der Waals surface area contributed by atoms with Crippen molar-refractivity contribution in [1.82, 2.24) is 9.80 Å². The maximum absolute atomic E-state index is 12.4. The third kappa shape index (κ3) is 4.95. The zero-order valence-electron chi connectivity index (χ0n) is 14.1. The van der Waals surface area contributed by atoms with Crippen LogP contribution in [0.2, 0.25) is 0 Å². The number of nitrogens with zero attached hydrogens (tertiary/aromatic N) is 2. The second-order valence-electron chi connectivity index (χ2n) is 7.69. The van der Waals surface area contributed by atoms with Crippen LogP contribution < -0.4 is 0 Å². The molecule has 0 unspecified atom stereocenters. The van der Waals surface area contributed by atoms with Crippen LogP contribution in [0.1, 0.15) is 51.4 Å². The van der Waals surface area contributed by atoms with Gasteiger partial charge in [0.05, 0.1) is 6.10 Å². The first-order valence-electron chi connectivity index (χ1n) is 9.28. The van der Waals surface area contributed by atoms with Crippen molar-refractivity contribution in [2.45, 2.75) is 57.5 Å². The minimum atomic E-state index is 0.334. The van der Waals surface area contributed by atoms with Crippen LogP contribution in [0.4, 0.5) is 0 Å². The molecule has 1 amide bonds. The molecule has 0 aromatic carbocycles. The first-order chi connectivity index (χ1) is 10.7. The lowest BCUT2D eigenvalue weighted by molar-refractivity contribution is -0.131. The number of likely N-dealkylation sites (tertiary alicyclic amines) is 1. The van der Waals surface area contributed by atoms with Gasteiger partial charge in [0, 0.05) is 39.2 Å². The van der Waals surface area contributed by atoms with Crippen LogP contribution in [0.15, 0.2) is 0 Å². The van der Waals surface area contributed by atoms with Crippen molar-refractivity contribution in [2.24, 2.45) is 11.8 Å². The Bertz CT molecular complexity index is 364. The van der Waals surface area contributed by atoms with Gasteiger partial charge in [-0.2, -0.15) is 0 Å². The molecule has 2 heterocycles. The summed E-state index contributed by atoms with van der Waals surface area (Å²) in [5.41, 5.74) is 0. The van der Waals surface area contributed by atoms with Gasteiger partial charge in [-0.3, -0.25) is 4.79 Å². The highest BCUT2D eigenvalue weighted by atomic mass is 16.5. The second kappa shape index (κ2) is 7.78. The molecule has 2 saturated heterocycles. The van der Waals surface area contributed by atoms with Gasteiger partial charge < -0.3 is 14.5 Å². The van der Waals surface area contributed by atoms with E-state index in [9.17, 15) is 4.79 Å². The number of amides is 1. The molecule has 3 aliphatic rings. The fraction of sp³-hybridized carbons (Fsp3) is 0.944. The fourth-order valence-corrected chi connectivity index (χ4v) is 3.94. The summed E-state index contributed by atoms with van der Waals surface area (Å²) >= 11 is 0. The summed E-state index contributed by atoms with van der Waals surface area (Å²) in [7, 11) is 2.24. The van der Waals surface area contributed by atoms with E-state index in [0.717, 1.165) is 45.0 Å². The SMILES string of the molecule is CN(CC1CC1)C[C@@H]1CCN(C(=O)CC[C@H]2CCCCO2)C1. The van der Waals surface area contributed by atoms with Crippen LogP contribution in [0.3, 0.4) is 0 Å². The van der Waals surface area contributed by atoms with Gasteiger partial charge in [-0.25, -0.2) is 0 Å². The lowest BCUT2D eigenvalue weighted by atomic mass is 10.0. The Hall–Kier alpha value is -0.610. The normalized spacial score (nSPS) is 29.3. The van der Waals surface area contributed by atoms with E-state index in [4.69, 9.17) is 4.74 Å². The molecule has 4 nitrogen and oxygen atoms in total. The molecule has 2 atom stereocenters. The number of ether oxygens (including phenoxy) is 1. The summed E-state index contributed by atoms with van der Waals surface area (Å²) in [5.74, 6) is 1.99. The molecular weight excluding hydrogens is 276 g/mol. The average Bonchev–Trinajstić information content (AvgIpc) is 3.21. The van der Waals surface area contributed by atoms with Crippen molar-refractivity contribution in [1.29, 1.82) is 0 Å². The van der Waals surface area contributed by atoms with Crippen LogP contribution in [0.5, 0.6) is 0 Å². The quantitative estimate of drug-likeness (QED) is 0.724. The van der Waals surface area contributed by atoms with E-state index < -0.39 is 0 Å². The van der Waals surface area contributed by atoms with Crippen molar-refractivity contribution in [3.8, 4) is 0 Å². The molecule has 2 aliphatic heterocycles. The summed E-state index contributed by atoms with van der Waals surface area (Å²) < 4.78 is 5.73. The van der Waals surface area contributed by atoms with Crippen LogP contribution >= 0.6 is 0 Å². The van der Waals surface area contributed by atoms with Crippen molar-refractivity contribution >= 4 is 5.91 Å². The largest absolute Gasteiger partial charge is 0.378 e. The molecule has 3 rings (SSSR count). The Morgan fingerprint density at radius 1 is 1.14 bits per heavy atom. The highest BCUT2D eigenvalue weighted by Gasteiger charge is 2.29. The average molecular weight is 308 g/mol. The second-order valence-corrected chi connectivity index (χ2v) is 7.69. The van der Waals surface area contributed by atoms with Crippen molar-refractivity contribution in [2.75, 3.05) is 39.8 Å². The maximum atomic E-state index is 12.4. The van der Waals surface area contributed by atoms with E-state index >= 15 is 0 Å². The zero-order valence-corrected chi connectivity index (χ0v) is 14.1. The number of hydrogen-bond acceptors (Lipinski definition) is 3. The summed E-state index contributed by atoms with van der Waals surface area (Å²) in [5, 5.41) is 0. The van der Waals surface area contributed by atoms with Gasteiger partial charge in [-0.05, 0) is 63.8 Å². The van der Waals surface area contributed by atoms with E-state index in [1.807, 2.05) is 0 Å². The Labute approximate surface area is 135 Å². The van der Waals surface area contributed by atoms with Gasteiger partial charge in [-0.1, -0.05) is 0 Å². The Kier molecular flexibility index (Phi) is 5.75. The van der Waals surface area contributed by atoms with Gasteiger partial charge in [-0.15, -0.1) is 0 Å². The van der Waals surface area contributed by atoms with E-state index in [1.54, 1.807) is 0 Å². The molecule has 0 spiro atoms. The molecule has 0 aromatic rings. The van der Waals surface area contributed by atoms with Crippen molar-refractivity contribution in [3.63, 3.8) is 0 Å². The van der Waals surface area contributed by atoms with Crippen LogP contribution in [-0.2, 0) is 9.53 Å². The monoisotopic (exact) mass is 308 g/mol. The van der Waals surface area contributed by atoms with Crippen LogP contribution in [0.25, 0.3) is 0 Å². The minimum Gasteiger partial charge on any atom is -0.378 e. The van der Waals surface area contributed by atoms with Gasteiger partial charge >= 0.3 is 0 Å². The lowest BCUT2D eigenvalue weighted by Gasteiger charge is -2.24. The molecule has 4 heteroatoms. The lowest BCUT2D eigenvalue weighted by Crippen LogP contribution is -2.33. The highest BCUT2D eigenvalue weighted by molar-refractivity contribution is 5.76. The van der Waals surface area contributed by atoms with Crippen LogP contribution in [0, 0.1) is 11.8 Å². The predicted octanol–water partition coefficient (Wildman–Crippen LogP) is 2.53. The van der Waals surface area contributed by atoms with E-state index in [2.05, 4.69) is 16.8 Å². The Balaban J connectivity index is 1.33. The zero-order chi connectivity index (χ0) is 15.4. The van der Waals surface area contributed by atoms with Crippen molar-refractivity contribution < 1.29 is 9.53 Å². The van der Waals surface area contributed by atoms with Gasteiger partial charge in [0.2, 0.25) is 5.91 Å².